The minimum atomic E-state index is -4.35. The first-order valence-electron chi connectivity index (χ1n) is 8.48. The smallest absolute Gasteiger partial charge is 0.388 e. The van der Waals surface area contributed by atoms with Crippen LogP contribution in [0.1, 0.15) is 11.1 Å². The van der Waals surface area contributed by atoms with E-state index in [0.29, 0.717) is 45.5 Å². The van der Waals surface area contributed by atoms with Gasteiger partial charge in [-0.25, -0.2) is 4.57 Å². The molecule has 0 aliphatic carbocycles. The van der Waals surface area contributed by atoms with Crippen LogP contribution < -0.4 is 18.9 Å². The molecule has 2 aromatic carbocycles. The van der Waals surface area contributed by atoms with Crippen LogP contribution in [-0.2, 0) is 21.5 Å². The predicted molar refractivity (Wildman–Crippen MR) is 118 cm³/mol. The van der Waals surface area contributed by atoms with Gasteiger partial charge in [0.05, 0.1) is 38.9 Å². The quantitative estimate of drug-likeness (QED) is 0.391. The Morgan fingerprint density at radius 1 is 1.00 bits per heavy atom. The summed E-state index contributed by atoms with van der Waals surface area (Å²) in [7, 11) is 5.97. The van der Waals surface area contributed by atoms with Gasteiger partial charge >= 0.3 is 6.80 Å². The molecule has 164 valence electrons. The molecule has 2 aromatic rings. The summed E-state index contributed by atoms with van der Waals surface area (Å²) in [6.45, 7) is -4.35. The highest BCUT2D eigenvalue weighted by Crippen LogP contribution is 2.56. The topological polar surface area (TPSA) is 118 Å². The number of hydrogen-bond acceptors (Lipinski definition) is 7. The van der Waals surface area contributed by atoms with Gasteiger partial charge in [0.15, 0.2) is 0 Å². The van der Waals surface area contributed by atoms with Crippen LogP contribution in [0.15, 0.2) is 40.6 Å². The summed E-state index contributed by atoms with van der Waals surface area (Å²) in [4.78, 5) is 18.7. The van der Waals surface area contributed by atoms with Crippen molar-refractivity contribution in [2.24, 2.45) is 0 Å². The Balaban J connectivity index is 2.23. The van der Waals surface area contributed by atoms with Crippen LogP contribution in [0.3, 0.4) is 0 Å². The van der Waals surface area contributed by atoms with Crippen LogP contribution in [0.2, 0.25) is 0 Å². The van der Waals surface area contributed by atoms with E-state index in [1.807, 2.05) is 0 Å². The molecule has 0 bridgehead atoms. The van der Waals surface area contributed by atoms with Crippen molar-refractivity contribution >= 4 is 35.4 Å². The highest BCUT2D eigenvalue weighted by atomic mass is 32.7. The minimum absolute atomic E-state index is 0.149. The monoisotopic (exact) mass is 474 g/mol. The van der Waals surface area contributed by atoms with Gasteiger partial charge in [-0.15, -0.1) is 0 Å². The largest absolute Gasteiger partial charge is 0.612 e. The molecule has 1 unspecified atom stereocenters. The van der Waals surface area contributed by atoms with E-state index in [-0.39, 0.29) is 10.6 Å². The van der Waals surface area contributed by atoms with Crippen molar-refractivity contribution in [2.75, 3.05) is 28.4 Å². The fourth-order valence-corrected chi connectivity index (χ4v) is 5.35. The van der Waals surface area contributed by atoms with E-state index in [0.717, 1.165) is 0 Å². The van der Waals surface area contributed by atoms with Crippen LogP contribution in [0.25, 0.3) is 6.08 Å². The summed E-state index contributed by atoms with van der Waals surface area (Å²) in [6.07, 6.45) is 1.64. The van der Waals surface area contributed by atoms with Gasteiger partial charge in [0.1, 0.15) is 34.2 Å². The number of methoxy groups -OCH3 is 4. The Labute approximate surface area is 182 Å². The lowest BCUT2D eigenvalue weighted by molar-refractivity contribution is 0.374. The first-order valence-corrected chi connectivity index (χ1v) is 12.9. The Morgan fingerprint density at radius 3 is 2.10 bits per heavy atom. The summed E-state index contributed by atoms with van der Waals surface area (Å²) in [5, 5.41) is 1.51. The van der Waals surface area contributed by atoms with E-state index < -0.39 is 18.0 Å². The first-order chi connectivity index (χ1) is 14.2. The molecule has 8 nitrogen and oxygen atoms in total. The summed E-state index contributed by atoms with van der Waals surface area (Å²) in [5.74, 6) is 2.06. The van der Waals surface area contributed by atoms with Crippen molar-refractivity contribution in [3.63, 3.8) is 0 Å². The van der Waals surface area contributed by atoms with Crippen LogP contribution in [0.5, 0.6) is 23.0 Å². The summed E-state index contributed by atoms with van der Waals surface area (Å²) < 4.78 is 45.0. The molecule has 30 heavy (non-hydrogen) atoms. The average molecular weight is 474 g/mol. The van der Waals surface area contributed by atoms with E-state index >= 15 is 0 Å². The van der Waals surface area contributed by atoms with Gasteiger partial charge in [-0.3, -0.25) is 0 Å². The van der Waals surface area contributed by atoms with Gasteiger partial charge in [0.25, 0.3) is 0 Å². The molecule has 0 amide bonds. The molecule has 0 radical (unpaired) electrons. The van der Waals surface area contributed by atoms with Crippen molar-refractivity contribution < 1.29 is 37.9 Å². The Bertz CT molecular complexity index is 919. The van der Waals surface area contributed by atoms with Crippen molar-refractivity contribution in [3.05, 3.63) is 46.9 Å². The van der Waals surface area contributed by atoms with Gasteiger partial charge in [-0.2, -0.15) is 0 Å². The molecular weight excluding hydrogens is 451 g/mol. The van der Waals surface area contributed by atoms with Gasteiger partial charge in [-0.1, -0.05) is 6.07 Å². The molecule has 0 saturated carbocycles. The highest BCUT2D eigenvalue weighted by Gasteiger charge is 2.20. The zero-order valence-electron chi connectivity index (χ0n) is 16.9. The molecule has 11 heteroatoms. The standard InChI is InChI=1S/C19H23O8PS2/c1-24-14-10-17(26-3)15(18(11-14)27-4)7-8-30(23)12-13-5-6-16(25-2)19(9-13)29-28(20,21)22/h5-11H,12H2,1-4H3,(H2,20,21,22)/b8-7+. The van der Waals surface area contributed by atoms with Crippen molar-refractivity contribution in [1.82, 2.24) is 0 Å². The molecule has 0 aliphatic heterocycles. The normalized spacial score (nSPS) is 12.6. The molecule has 0 spiro atoms. The zero-order chi connectivity index (χ0) is 22.3. The number of benzene rings is 2. The lowest BCUT2D eigenvalue weighted by Gasteiger charge is -2.13. The fourth-order valence-electron chi connectivity index (χ4n) is 2.56. The van der Waals surface area contributed by atoms with E-state index in [2.05, 4.69) is 0 Å². The Hall–Kier alpha value is -1.81. The van der Waals surface area contributed by atoms with E-state index in [4.69, 9.17) is 18.9 Å². The molecule has 0 heterocycles. The number of hydrogen-bond donors (Lipinski definition) is 2. The number of ether oxygens (including phenoxy) is 4. The second-order valence-electron chi connectivity index (χ2n) is 5.84. The molecular formula is C19H23O8PS2. The SMILES string of the molecule is COc1cc(OC)c(/C=C/[S+]([O-])Cc2ccc(OC)c(SP(=O)(O)O)c2)c(OC)c1. The number of rotatable bonds is 10. The van der Waals surface area contributed by atoms with E-state index in [1.54, 1.807) is 36.4 Å². The maximum atomic E-state index is 12.6. The summed E-state index contributed by atoms with van der Waals surface area (Å²) >= 11 is -1.01. The average Bonchev–Trinajstić information content (AvgIpc) is 2.70. The molecule has 0 aliphatic rings. The van der Waals surface area contributed by atoms with Gasteiger partial charge in [0.2, 0.25) is 0 Å². The minimum Gasteiger partial charge on any atom is -0.612 e. The second-order valence-corrected chi connectivity index (χ2v) is 10.7. The van der Waals surface area contributed by atoms with Crippen LogP contribution in [0.4, 0.5) is 0 Å². The predicted octanol–water partition coefficient (Wildman–Crippen LogP) is 3.83. The molecule has 0 saturated heterocycles. The van der Waals surface area contributed by atoms with E-state index in [1.165, 1.54) is 33.8 Å². The van der Waals surface area contributed by atoms with Crippen LogP contribution in [0, 0.1) is 0 Å². The van der Waals surface area contributed by atoms with Crippen LogP contribution >= 0.6 is 18.2 Å². The van der Waals surface area contributed by atoms with E-state index in [9.17, 15) is 18.9 Å². The zero-order valence-corrected chi connectivity index (χ0v) is 19.4. The second kappa shape index (κ2) is 11.0. The summed E-state index contributed by atoms with van der Waals surface area (Å²) in [5.41, 5.74) is 1.25. The van der Waals surface area contributed by atoms with Gasteiger partial charge < -0.3 is 33.3 Å². The van der Waals surface area contributed by atoms with Gasteiger partial charge in [0, 0.05) is 23.8 Å². The Morgan fingerprint density at radius 2 is 1.60 bits per heavy atom. The first kappa shape index (κ1) is 24.5. The van der Waals surface area contributed by atoms with Crippen molar-refractivity contribution in [1.29, 1.82) is 0 Å². The lowest BCUT2D eigenvalue weighted by atomic mass is 10.1. The highest BCUT2D eigenvalue weighted by molar-refractivity contribution is 8.54. The third-order valence-corrected chi connectivity index (χ3v) is 7.01. The van der Waals surface area contributed by atoms with Gasteiger partial charge in [-0.05, 0) is 34.7 Å². The van der Waals surface area contributed by atoms with Crippen LogP contribution in [-0.4, -0.2) is 42.8 Å². The maximum Gasteiger partial charge on any atom is 0.388 e. The van der Waals surface area contributed by atoms with Crippen molar-refractivity contribution in [2.45, 2.75) is 10.6 Å². The molecule has 1 atom stereocenters. The maximum absolute atomic E-state index is 12.6. The molecule has 0 fully saturated rings. The molecule has 2 N–H and O–H groups in total. The summed E-state index contributed by atoms with van der Waals surface area (Å²) in [6, 6.07) is 8.23. The van der Waals surface area contributed by atoms with Crippen molar-refractivity contribution in [3.8, 4) is 23.0 Å². The molecule has 0 aromatic heterocycles. The third-order valence-electron chi connectivity index (χ3n) is 3.89. The molecule has 2 rings (SSSR count). The lowest BCUT2D eigenvalue weighted by Crippen LogP contribution is -2.01. The fraction of sp³-hybridized carbons (Fsp3) is 0.263. The third kappa shape index (κ3) is 6.87. The Kier molecular flexibility index (Phi) is 8.96.